The van der Waals surface area contributed by atoms with Crippen molar-refractivity contribution in [1.29, 1.82) is 0 Å². The highest BCUT2D eigenvalue weighted by molar-refractivity contribution is 5.94. The highest BCUT2D eigenvalue weighted by Gasteiger charge is 2.21. The van der Waals surface area contributed by atoms with E-state index in [0.29, 0.717) is 6.04 Å². The van der Waals surface area contributed by atoms with Crippen LogP contribution in [-0.2, 0) is 17.6 Å². The van der Waals surface area contributed by atoms with Gasteiger partial charge in [-0.05, 0) is 56.1 Å². The van der Waals surface area contributed by atoms with Crippen molar-refractivity contribution in [3.8, 4) is 5.75 Å². The molecule has 23 heavy (non-hydrogen) atoms. The smallest absolute Gasteiger partial charge is 0.116 e. The Morgan fingerprint density at radius 1 is 1.17 bits per heavy atom. The molecule has 2 aliphatic rings. The minimum Gasteiger partial charge on any atom is -0.508 e. The normalized spacial score (nSPS) is 19.3. The third-order valence-electron chi connectivity index (χ3n) is 4.82. The lowest BCUT2D eigenvalue weighted by molar-refractivity contribution is 0.146. The molecule has 5 nitrogen and oxygen atoms in total. The van der Waals surface area contributed by atoms with Crippen molar-refractivity contribution >= 4 is 16.6 Å². The zero-order valence-corrected chi connectivity index (χ0v) is 13.3. The van der Waals surface area contributed by atoms with Crippen molar-refractivity contribution < 1.29 is 9.84 Å². The molecular formula is C18H23N3O2. The van der Waals surface area contributed by atoms with Gasteiger partial charge in [0.2, 0.25) is 0 Å². The summed E-state index contributed by atoms with van der Waals surface area (Å²) >= 11 is 0. The number of phenolic OH excluding ortho intramolecular Hbond substituents is 1. The van der Waals surface area contributed by atoms with Crippen molar-refractivity contribution in [3.63, 3.8) is 0 Å². The highest BCUT2D eigenvalue weighted by Crippen LogP contribution is 2.33. The maximum atomic E-state index is 9.93. The van der Waals surface area contributed by atoms with Crippen molar-refractivity contribution in [2.45, 2.75) is 31.7 Å². The number of hydrogen-bond donors (Lipinski definition) is 3. The van der Waals surface area contributed by atoms with E-state index in [-0.39, 0.29) is 5.75 Å². The molecule has 1 aromatic carbocycles. The summed E-state index contributed by atoms with van der Waals surface area (Å²) in [5.74, 6) is 0.289. The van der Waals surface area contributed by atoms with Crippen LogP contribution in [0.1, 0.15) is 24.1 Å². The van der Waals surface area contributed by atoms with E-state index in [9.17, 15) is 5.11 Å². The van der Waals surface area contributed by atoms with Gasteiger partial charge in [0.15, 0.2) is 0 Å². The molecule has 3 N–H and O–H groups in total. The Hall–Kier alpha value is -1.85. The lowest BCUT2D eigenvalue weighted by Crippen LogP contribution is -2.35. The molecule has 0 amide bonds. The molecule has 122 valence electrons. The van der Waals surface area contributed by atoms with Gasteiger partial charge in [0.1, 0.15) is 5.75 Å². The van der Waals surface area contributed by atoms with Crippen LogP contribution in [0.25, 0.3) is 10.9 Å². The first-order chi connectivity index (χ1) is 11.3. The van der Waals surface area contributed by atoms with Gasteiger partial charge in [0.25, 0.3) is 0 Å². The van der Waals surface area contributed by atoms with E-state index in [1.807, 2.05) is 12.1 Å². The first kappa shape index (κ1) is 14.7. The van der Waals surface area contributed by atoms with Crippen LogP contribution < -0.4 is 10.6 Å². The van der Waals surface area contributed by atoms with Gasteiger partial charge in [-0.2, -0.15) is 0 Å². The van der Waals surface area contributed by atoms with E-state index in [1.165, 1.54) is 5.56 Å². The SMILES string of the molecule is Oc1ccc2nc3c(c(NC4CCNCC4)c2c1)CCOCC3. The first-order valence-corrected chi connectivity index (χ1v) is 8.51. The summed E-state index contributed by atoms with van der Waals surface area (Å²) in [4.78, 5) is 4.83. The molecule has 0 unspecified atom stereocenters. The molecule has 0 bridgehead atoms. The number of aromatic nitrogens is 1. The van der Waals surface area contributed by atoms with Gasteiger partial charge in [-0.25, -0.2) is 0 Å². The van der Waals surface area contributed by atoms with Gasteiger partial charge in [0, 0.05) is 29.2 Å². The van der Waals surface area contributed by atoms with Crippen LogP contribution in [-0.4, -0.2) is 42.4 Å². The number of rotatable bonds is 2. The predicted octanol–water partition coefficient (Wildman–Crippen LogP) is 2.22. The molecule has 1 aromatic heterocycles. The molecule has 2 aromatic rings. The Balaban J connectivity index is 1.83. The number of piperidine rings is 1. The molecule has 1 saturated heterocycles. The standard InChI is InChI=1S/C18H23N3O2/c22-13-1-2-16-15(11-13)18(20-12-3-7-19-8-4-12)14-5-9-23-10-6-17(14)21-16/h1-2,11-12,19,22H,3-10H2,(H,20,21). The molecular weight excluding hydrogens is 290 g/mol. The average molecular weight is 313 g/mol. The number of hydrogen-bond acceptors (Lipinski definition) is 5. The van der Waals surface area contributed by atoms with Gasteiger partial charge in [0.05, 0.1) is 18.7 Å². The van der Waals surface area contributed by atoms with E-state index < -0.39 is 0 Å². The van der Waals surface area contributed by atoms with Crippen molar-refractivity contribution in [2.75, 3.05) is 31.6 Å². The largest absolute Gasteiger partial charge is 0.508 e. The van der Waals surface area contributed by atoms with Crippen molar-refractivity contribution in [2.24, 2.45) is 0 Å². The maximum Gasteiger partial charge on any atom is 0.116 e. The third-order valence-corrected chi connectivity index (χ3v) is 4.82. The minimum absolute atomic E-state index is 0.289. The number of pyridine rings is 1. The second-order valence-corrected chi connectivity index (χ2v) is 6.39. The van der Waals surface area contributed by atoms with Gasteiger partial charge in [-0.15, -0.1) is 0 Å². The van der Waals surface area contributed by atoms with Gasteiger partial charge in [-0.1, -0.05) is 0 Å². The summed E-state index contributed by atoms with van der Waals surface area (Å²) in [6.07, 6.45) is 3.97. The maximum absolute atomic E-state index is 9.93. The molecule has 0 spiro atoms. The van der Waals surface area contributed by atoms with Crippen LogP contribution in [0, 0.1) is 0 Å². The van der Waals surface area contributed by atoms with Crippen molar-refractivity contribution in [3.05, 3.63) is 29.5 Å². The second kappa shape index (κ2) is 6.34. The molecule has 4 rings (SSSR count). The number of anilines is 1. The molecule has 0 atom stereocenters. The number of fused-ring (bicyclic) bond motifs is 2. The molecule has 3 heterocycles. The fourth-order valence-corrected chi connectivity index (χ4v) is 3.60. The zero-order valence-electron chi connectivity index (χ0n) is 13.3. The summed E-state index contributed by atoms with van der Waals surface area (Å²) < 4.78 is 5.65. The Kier molecular flexibility index (Phi) is 4.06. The van der Waals surface area contributed by atoms with E-state index >= 15 is 0 Å². The average Bonchev–Trinajstić information content (AvgIpc) is 2.81. The van der Waals surface area contributed by atoms with Gasteiger partial charge in [-0.3, -0.25) is 4.98 Å². The number of nitrogens with one attached hydrogen (secondary N) is 2. The molecule has 0 radical (unpaired) electrons. The summed E-state index contributed by atoms with van der Waals surface area (Å²) in [6, 6.07) is 5.92. The predicted molar refractivity (Wildman–Crippen MR) is 91.1 cm³/mol. The second-order valence-electron chi connectivity index (χ2n) is 6.39. The molecule has 5 heteroatoms. The zero-order chi connectivity index (χ0) is 15.6. The number of aromatic hydroxyl groups is 1. The van der Waals surface area contributed by atoms with Crippen LogP contribution in [0.3, 0.4) is 0 Å². The first-order valence-electron chi connectivity index (χ1n) is 8.51. The summed E-state index contributed by atoms with van der Waals surface area (Å²) in [5, 5.41) is 18.1. The summed E-state index contributed by atoms with van der Waals surface area (Å²) in [5.41, 5.74) is 4.49. The minimum atomic E-state index is 0.289. The van der Waals surface area contributed by atoms with E-state index in [4.69, 9.17) is 9.72 Å². The van der Waals surface area contributed by atoms with Gasteiger partial charge >= 0.3 is 0 Å². The Morgan fingerprint density at radius 3 is 2.87 bits per heavy atom. The van der Waals surface area contributed by atoms with E-state index in [2.05, 4.69) is 10.6 Å². The fourth-order valence-electron chi connectivity index (χ4n) is 3.60. The third kappa shape index (κ3) is 2.99. The van der Waals surface area contributed by atoms with Gasteiger partial charge < -0.3 is 20.5 Å². The molecule has 1 fully saturated rings. The Morgan fingerprint density at radius 2 is 2.00 bits per heavy atom. The summed E-state index contributed by atoms with van der Waals surface area (Å²) in [7, 11) is 0. The monoisotopic (exact) mass is 313 g/mol. The molecule has 0 aliphatic carbocycles. The van der Waals surface area contributed by atoms with Crippen LogP contribution in [0.15, 0.2) is 18.2 Å². The van der Waals surface area contributed by atoms with Crippen LogP contribution in [0.5, 0.6) is 5.75 Å². The molecule has 0 saturated carbocycles. The summed E-state index contributed by atoms with van der Waals surface area (Å²) in [6.45, 7) is 3.57. The van der Waals surface area contributed by atoms with Crippen molar-refractivity contribution in [1.82, 2.24) is 10.3 Å². The highest BCUT2D eigenvalue weighted by atomic mass is 16.5. The number of ether oxygens (including phenoxy) is 1. The Labute approximate surface area is 136 Å². The number of nitrogens with zero attached hydrogens (tertiary/aromatic N) is 1. The molecule has 2 aliphatic heterocycles. The van der Waals surface area contributed by atoms with Crippen LogP contribution in [0.2, 0.25) is 0 Å². The lowest BCUT2D eigenvalue weighted by atomic mass is 9.99. The quantitative estimate of drug-likeness (QED) is 0.793. The van der Waals surface area contributed by atoms with Crippen LogP contribution >= 0.6 is 0 Å². The number of benzene rings is 1. The number of phenols is 1. The van der Waals surface area contributed by atoms with Crippen LogP contribution in [0.4, 0.5) is 5.69 Å². The fraction of sp³-hybridized carbons (Fsp3) is 0.500. The van der Waals surface area contributed by atoms with E-state index in [1.54, 1.807) is 6.07 Å². The van der Waals surface area contributed by atoms with E-state index in [0.717, 1.165) is 74.3 Å². The Bertz CT molecular complexity index is 711. The topological polar surface area (TPSA) is 66.4 Å². The lowest BCUT2D eigenvalue weighted by Gasteiger charge is -2.27.